The van der Waals surface area contributed by atoms with Gasteiger partial charge >= 0.3 is 0 Å². The van der Waals surface area contributed by atoms with Gasteiger partial charge in [0.25, 0.3) is 5.56 Å². The molecule has 1 N–H and O–H groups in total. The molecule has 2 aromatic heterocycles. The van der Waals surface area contributed by atoms with Crippen LogP contribution in [0.2, 0.25) is 0 Å². The first kappa shape index (κ1) is 19.0. The van der Waals surface area contributed by atoms with Crippen molar-refractivity contribution in [2.75, 3.05) is 0 Å². The molecule has 0 aliphatic heterocycles. The summed E-state index contributed by atoms with van der Waals surface area (Å²) >= 11 is 0. The van der Waals surface area contributed by atoms with Crippen molar-refractivity contribution >= 4 is 10.9 Å². The molecular weight excluding hydrogens is 362 g/mol. The maximum atomic E-state index is 13.0. The van der Waals surface area contributed by atoms with Crippen molar-refractivity contribution in [3.63, 3.8) is 0 Å². The van der Waals surface area contributed by atoms with E-state index in [1.165, 1.54) is 10.1 Å². The minimum Gasteiger partial charge on any atom is -0.467 e. The number of rotatable bonds is 4. The molecule has 0 atom stereocenters. The number of nitrogens with zero attached hydrogens (tertiary/aromatic N) is 2. The molecule has 0 saturated carbocycles. The highest BCUT2D eigenvalue weighted by Crippen LogP contribution is 2.22. The van der Waals surface area contributed by atoms with Gasteiger partial charge in [-0.15, -0.1) is 0 Å². The number of benzene rings is 2. The summed E-state index contributed by atoms with van der Waals surface area (Å²) in [7, 11) is 0. The first-order chi connectivity index (χ1) is 13.8. The average Bonchev–Trinajstić information content (AvgIpc) is 3.21. The predicted molar refractivity (Wildman–Crippen MR) is 114 cm³/mol. The number of aromatic nitrogens is 2. The van der Waals surface area contributed by atoms with Crippen molar-refractivity contribution in [2.24, 2.45) is 0 Å². The van der Waals surface area contributed by atoms with E-state index >= 15 is 0 Å². The third-order valence-electron chi connectivity index (χ3n) is 5.24. The fraction of sp³-hybridized carbons (Fsp3) is 0.250. The number of nitrogens with one attached hydrogen (secondary N) is 1. The lowest BCUT2D eigenvalue weighted by Gasteiger charge is -2.20. The largest absolute Gasteiger partial charge is 0.467 e. The van der Waals surface area contributed by atoms with Gasteiger partial charge in [-0.05, 0) is 40.8 Å². The van der Waals surface area contributed by atoms with Crippen LogP contribution < -0.4 is 11.2 Å². The van der Waals surface area contributed by atoms with Crippen molar-refractivity contribution in [1.82, 2.24) is 9.13 Å². The lowest BCUT2D eigenvalue weighted by Crippen LogP contribution is -2.40. The van der Waals surface area contributed by atoms with Crippen LogP contribution in [0.25, 0.3) is 10.9 Å². The Bertz CT molecular complexity index is 1250. The van der Waals surface area contributed by atoms with Crippen molar-refractivity contribution in [1.29, 1.82) is 5.41 Å². The van der Waals surface area contributed by atoms with Crippen LogP contribution in [0.5, 0.6) is 0 Å². The zero-order valence-electron chi connectivity index (χ0n) is 17.0. The molecule has 4 aromatic rings. The fourth-order valence-electron chi connectivity index (χ4n) is 3.55. The van der Waals surface area contributed by atoms with E-state index in [4.69, 9.17) is 9.83 Å². The molecule has 0 bridgehead atoms. The molecule has 29 heavy (non-hydrogen) atoms. The van der Waals surface area contributed by atoms with Gasteiger partial charge in [0.05, 0.1) is 30.3 Å². The highest BCUT2D eigenvalue weighted by atomic mass is 16.3. The van der Waals surface area contributed by atoms with Crippen LogP contribution in [0, 0.1) is 5.41 Å². The molecule has 0 unspecified atom stereocenters. The lowest BCUT2D eigenvalue weighted by molar-refractivity contribution is 0.474. The molecule has 0 radical (unpaired) electrons. The van der Waals surface area contributed by atoms with E-state index in [9.17, 15) is 4.79 Å². The Morgan fingerprint density at radius 1 is 0.897 bits per heavy atom. The molecule has 5 nitrogen and oxygen atoms in total. The zero-order chi connectivity index (χ0) is 20.6. The summed E-state index contributed by atoms with van der Waals surface area (Å²) in [5.41, 5.74) is 3.19. The third-order valence-corrected chi connectivity index (χ3v) is 5.24. The Morgan fingerprint density at radius 2 is 1.62 bits per heavy atom. The smallest absolute Gasteiger partial charge is 0.263 e. The van der Waals surface area contributed by atoms with Gasteiger partial charge in [0.1, 0.15) is 5.76 Å². The Hall–Kier alpha value is -3.34. The summed E-state index contributed by atoms with van der Waals surface area (Å²) in [5, 5.41) is 9.35. The predicted octanol–water partition coefficient (Wildman–Crippen LogP) is 4.27. The summed E-state index contributed by atoms with van der Waals surface area (Å²) < 4.78 is 8.75. The van der Waals surface area contributed by atoms with Crippen LogP contribution in [0.15, 0.2) is 76.1 Å². The van der Waals surface area contributed by atoms with Crippen LogP contribution >= 0.6 is 0 Å². The van der Waals surface area contributed by atoms with Crippen LogP contribution in [-0.4, -0.2) is 9.13 Å². The minimum atomic E-state index is -0.179. The molecule has 0 spiro atoms. The van der Waals surface area contributed by atoms with Gasteiger partial charge in [0, 0.05) is 0 Å². The van der Waals surface area contributed by atoms with Gasteiger partial charge in [-0.3, -0.25) is 14.8 Å². The Morgan fingerprint density at radius 3 is 2.28 bits per heavy atom. The second-order valence-corrected chi connectivity index (χ2v) is 8.34. The topological polar surface area (TPSA) is 63.9 Å². The highest BCUT2D eigenvalue weighted by Gasteiger charge is 2.15. The van der Waals surface area contributed by atoms with E-state index in [2.05, 4.69) is 45.0 Å². The standard InChI is InChI=1S/C24H25N3O2/c1-24(2,3)18-12-10-17(11-13-18)15-26-21-9-5-4-8-20(21)22(28)27(23(26)25)16-19-7-6-14-29-19/h4-14,25H,15-16H2,1-3H3. The SMILES string of the molecule is CC(C)(C)c1ccc(Cn2c(=N)n(Cc3ccco3)c(=O)c3ccccc32)cc1. The van der Waals surface area contributed by atoms with E-state index in [0.29, 0.717) is 17.7 Å². The molecule has 0 aliphatic carbocycles. The Labute approximate surface area is 169 Å². The number of hydrogen-bond acceptors (Lipinski definition) is 3. The molecule has 0 aliphatic rings. The van der Waals surface area contributed by atoms with Crippen molar-refractivity contribution in [2.45, 2.75) is 39.3 Å². The molecule has 2 aromatic carbocycles. The highest BCUT2D eigenvalue weighted by molar-refractivity contribution is 5.77. The molecular formula is C24H25N3O2. The van der Waals surface area contributed by atoms with Gasteiger partial charge in [-0.1, -0.05) is 57.2 Å². The van der Waals surface area contributed by atoms with Crippen LogP contribution in [0.1, 0.15) is 37.7 Å². The Balaban J connectivity index is 1.83. The monoisotopic (exact) mass is 387 g/mol. The van der Waals surface area contributed by atoms with E-state index in [0.717, 1.165) is 11.1 Å². The number of para-hydroxylation sites is 1. The summed E-state index contributed by atoms with van der Waals surface area (Å²) in [4.78, 5) is 13.0. The van der Waals surface area contributed by atoms with E-state index in [-0.39, 0.29) is 23.1 Å². The van der Waals surface area contributed by atoms with E-state index < -0.39 is 0 Å². The van der Waals surface area contributed by atoms with Gasteiger partial charge < -0.3 is 8.98 Å². The van der Waals surface area contributed by atoms with E-state index in [1.807, 2.05) is 34.9 Å². The molecule has 4 rings (SSSR count). The normalized spacial score (nSPS) is 11.8. The summed E-state index contributed by atoms with van der Waals surface area (Å²) in [6, 6.07) is 19.6. The maximum Gasteiger partial charge on any atom is 0.263 e. The van der Waals surface area contributed by atoms with Gasteiger partial charge in [0.15, 0.2) is 0 Å². The quantitative estimate of drug-likeness (QED) is 0.568. The fourth-order valence-corrected chi connectivity index (χ4v) is 3.55. The number of hydrogen-bond donors (Lipinski definition) is 1. The second kappa shape index (κ2) is 7.24. The number of fused-ring (bicyclic) bond motifs is 1. The molecule has 5 heteroatoms. The van der Waals surface area contributed by atoms with Crippen molar-refractivity contribution in [3.05, 3.63) is 99.8 Å². The van der Waals surface area contributed by atoms with Gasteiger partial charge in [-0.2, -0.15) is 0 Å². The van der Waals surface area contributed by atoms with Crippen LogP contribution in [0.4, 0.5) is 0 Å². The number of furan rings is 1. The first-order valence-corrected chi connectivity index (χ1v) is 9.73. The molecule has 0 fully saturated rings. The minimum absolute atomic E-state index is 0.0925. The van der Waals surface area contributed by atoms with E-state index in [1.54, 1.807) is 12.3 Å². The Kier molecular flexibility index (Phi) is 4.74. The molecule has 2 heterocycles. The lowest BCUT2D eigenvalue weighted by atomic mass is 9.87. The first-order valence-electron chi connectivity index (χ1n) is 9.73. The molecule has 0 amide bonds. The third kappa shape index (κ3) is 3.68. The average molecular weight is 387 g/mol. The molecule has 148 valence electrons. The van der Waals surface area contributed by atoms with Crippen LogP contribution in [0.3, 0.4) is 0 Å². The summed E-state index contributed by atoms with van der Waals surface area (Å²) in [6.07, 6.45) is 1.58. The van der Waals surface area contributed by atoms with Crippen LogP contribution in [-0.2, 0) is 18.5 Å². The van der Waals surface area contributed by atoms with Gasteiger partial charge in [-0.25, -0.2) is 0 Å². The van der Waals surface area contributed by atoms with Gasteiger partial charge in [0.2, 0.25) is 5.62 Å². The maximum absolute atomic E-state index is 13.0. The summed E-state index contributed by atoms with van der Waals surface area (Å²) in [6.45, 7) is 7.32. The van der Waals surface area contributed by atoms with Crippen molar-refractivity contribution in [3.8, 4) is 0 Å². The zero-order valence-corrected chi connectivity index (χ0v) is 17.0. The van der Waals surface area contributed by atoms with Crippen molar-refractivity contribution < 1.29 is 4.42 Å². The second-order valence-electron chi connectivity index (χ2n) is 8.34. The summed E-state index contributed by atoms with van der Waals surface area (Å²) in [5.74, 6) is 0.650. The molecule has 0 saturated heterocycles.